The summed E-state index contributed by atoms with van der Waals surface area (Å²) in [4.78, 5) is 5.09. The van der Waals surface area contributed by atoms with Crippen molar-refractivity contribution in [3.63, 3.8) is 0 Å². The van der Waals surface area contributed by atoms with Crippen LogP contribution in [0.1, 0.15) is 50.2 Å². The largest absolute Gasteiger partial charge is 0.416 e. The van der Waals surface area contributed by atoms with Crippen molar-refractivity contribution in [2.24, 2.45) is 10.9 Å². The molecule has 0 aliphatic carbocycles. The van der Waals surface area contributed by atoms with Gasteiger partial charge in [0.1, 0.15) is 6.61 Å². The summed E-state index contributed by atoms with van der Waals surface area (Å²) < 4.78 is 37.8. The molecular weight excluding hydrogens is 293 g/mol. The number of oxime groups is 1. The summed E-state index contributed by atoms with van der Waals surface area (Å²) in [6.45, 7) is 2.76. The highest BCUT2D eigenvalue weighted by atomic mass is 19.4. The van der Waals surface area contributed by atoms with Gasteiger partial charge in [0, 0.05) is 6.54 Å². The van der Waals surface area contributed by atoms with Gasteiger partial charge in [-0.3, -0.25) is 0 Å². The van der Waals surface area contributed by atoms with Crippen LogP contribution < -0.4 is 5.73 Å². The summed E-state index contributed by atoms with van der Waals surface area (Å²) in [6.07, 6.45) is 0.593. The second-order valence-electron chi connectivity index (χ2n) is 5.05. The molecule has 0 radical (unpaired) electrons. The Hall–Kier alpha value is -1.56. The Morgan fingerprint density at radius 1 is 1.14 bits per heavy atom. The number of rotatable bonds is 9. The van der Waals surface area contributed by atoms with Crippen molar-refractivity contribution in [1.29, 1.82) is 0 Å². The third-order valence-electron chi connectivity index (χ3n) is 3.20. The lowest BCUT2D eigenvalue weighted by atomic mass is 10.0. The van der Waals surface area contributed by atoms with E-state index in [2.05, 4.69) is 12.1 Å². The minimum absolute atomic E-state index is 0.291. The number of halogens is 3. The maximum atomic E-state index is 12.6. The van der Waals surface area contributed by atoms with Crippen LogP contribution in [0, 0.1) is 0 Å². The van der Waals surface area contributed by atoms with Crippen molar-refractivity contribution in [3.05, 3.63) is 35.4 Å². The molecule has 124 valence electrons. The van der Waals surface area contributed by atoms with Gasteiger partial charge in [0.2, 0.25) is 0 Å². The fraction of sp³-hybridized carbons (Fsp3) is 0.562. The molecule has 1 rings (SSSR count). The Morgan fingerprint density at radius 3 is 2.36 bits per heavy atom. The van der Waals surface area contributed by atoms with E-state index in [9.17, 15) is 13.2 Å². The van der Waals surface area contributed by atoms with Crippen molar-refractivity contribution >= 4 is 5.71 Å². The van der Waals surface area contributed by atoms with Gasteiger partial charge >= 0.3 is 6.18 Å². The maximum Gasteiger partial charge on any atom is 0.416 e. The lowest BCUT2D eigenvalue weighted by molar-refractivity contribution is -0.137. The first-order valence-corrected chi connectivity index (χ1v) is 7.55. The lowest BCUT2D eigenvalue weighted by Gasteiger charge is -2.10. The van der Waals surface area contributed by atoms with E-state index in [-0.39, 0.29) is 0 Å². The van der Waals surface area contributed by atoms with Gasteiger partial charge in [0.05, 0.1) is 11.3 Å². The van der Waals surface area contributed by atoms with E-state index in [0.717, 1.165) is 37.8 Å². The number of alkyl halides is 3. The Kier molecular flexibility index (Phi) is 7.95. The van der Waals surface area contributed by atoms with E-state index in [1.54, 1.807) is 0 Å². The van der Waals surface area contributed by atoms with E-state index in [4.69, 9.17) is 10.6 Å². The fourth-order valence-corrected chi connectivity index (χ4v) is 1.99. The first kappa shape index (κ1) is 18.5. The van der Waals surface area contributed by atoms with Crippen molar-refractivity contribution in [2.75, 3.05) is 13.2 Å². The molecule has 0 saturated carbocycles. The first-order chi connectivity index (χ1) is 10.5. The van der Waals surface area contributed by atoms with Gasteiger partial charge in [0.15, 0.2) is 0 Å². The molecule has 22 heavy (non-hydrogen) atoms. The zero-order chi connectivity index (χ0) is 16.4. The fourth-order valence-electron chi connectivity index (χ4n) is 1.99. The van der Waals surface area contributed by atoms with Crippen molar-refractivity contribution in [1.82, 2.24) is 0 Å². The Labute approximate surface area is 129 Å². The summed E-state index contributed by atoms with van der Waals surface area (Å²) >= 11 is 0. The molecule has 2 N–H and O–H groups in total. The molecule has 1 aromatic carbocycles. The molecule has 0 aliphatic heterocycles. The second kappa shape index (κ2) is 9.46. The van der Waals surface area contributed by atoms with E-state index < -0.39 is 11.7 Å². The number of hydrogen-bond acceptors (Lipinski definition) is 3. The highest BCUT2D eigenvalue weighted by Gasteiger charge is 2.30. The molecule has 0 aromatic heterocycles. The minimum atomic E-state index is -4.33. The smallest absolute Gasteiger partial charge is 0.394 e. The van der Waals surface area contributed by atoms with Crippen LogP contribution in [-0.4, -0.2) is 18.9 Å². The minimum Gasteiger partial charge on any atom is -0.394 e. The number of hydrogen-bond donors (Lipinski definition) is 1. The van der Waals surface area contributed by atoms with Crippen LogP contribution >= 0.6 is 0 Å². The van der Waals surface area contributed by atoms with Crippen LogP contribution in [0.25, 0.3) is 0 Å². The van der Waals surface area contributed by atoms with Crippen LogP contribution in [0.3, 0.4) is 0 Å². The number of benzene rings is 1. The zero-order valence-corrected chi connectivity index (χ0v) is 12.8. The number of nitrogens with zero attached hydrogens (tertiary/aromatic N) is 1. The SMILES string of the molecule is CCCCCC/C(=N\OCCN)c1ccc(C(F)(F)F)cc1. The Morgan fingerprint density at radius 2 is 1.82 bits per heavy atom. The molecule has 3 nitrogen and oxygen atoms in total. The third-order valence-corrected chi connectivity index (χ3v) is 3.20. The first-order valence-electron chi connectivity index (χ1n) is 7.55. The monoisotopic (exact) mass is 316 g/mol. The van der Waals surface area contributed by atoms with Gasteiger partial charge in [-0.25, -0.2) is 0 Å². The van der Waals surface area contributed by atoms with Gasteiger partial charge < -0.3 is 10.6 Å². The van der Waals surface area contributed by atoms with E-state index in [1.165, 1.54) is 12.1 Å². The topological polar surface area (TPSA) is 47.6 Å². The molecule has 0 amide bonds. The van der Waals surface area contributed by atoms with Gasteiger partial charge in [-0.2, -0.15) is 13.2 Å². The highest BCUT2D eigenvalue weighted by Crippen LogP contribution is 2.29. The second-order valence-corrected chi connectivity index (χ2v) is 5.05. The van der Waals surface area contributed by atoms with Gasteiger partial charge in [-0.1, -0.05) is 43.5 Å². The molecule has 0 aliphatic rings. The molecule has 0 heterocycles. The van der Waals surface area contributed by atoms with Crippen LogP contribution in [0.5, 0.6) is 0 Å². The number of nitrogens with two attached hydrogens (primary N) is 1. The molecule has 0 fully saturated rings. The summed E-state index contributed by atoms with van der Waals surface area (Å²) in [5, 5.41) is 4.03. The summed E-state index contributed by atoms with van der Waals surface area (Å²) in [5.74, 6) is 0. The van der Waals surface area contributed by atoms with Crippen LogP contribution in [0.2, 0.25) is 0 Å². The van der Waals surface area contributed by atoms with Crippen LogP contribution in [0.4, 0.5) is 13.2 Å². The quantitative estimate of drug-likeness (QED) is 0.418. The zero-order valence-electron chi connectivity index (χ0n) is 12.8. The maximum absolute atomic E-state index is 12.6. The molecular formula is C16H23F3N2O. The predicted molar refractivity (Wildman–Crippen MR) is 81.7 cm³/mol. The molecule has 0 unspecified atom stereocenters. The van der Waals surface area contributed by atoms with Crippen molar-refractivity contribution in [2.45, 2.75) is 45.2 Å². The van der Waals surface area contributed by atoms with Crippen LogP contribution in [0.15, 0.2) is 29.4 Å². The molecule has 0 atom stereocenters. The summed E-state index contributed by atoms with van der Waals surface area (Å²) in [6, 6.07) is 5.01. The summed E-state index contributed by atoms with van der Waals surface area (Å²) in [7, 11) is 0. The summed E-state index contributed by atoms with van der Waals surface area (Å²) in [5.41, 5.74) is 6.00. The molecule has 6 heteroatoms. The molecule has 1 aromatic rings. The van der Waals surface area contributed by atoms with E-state index in [1.807, 2.05) is 0 Å². The highest BCUT2D eigenvalue weighted by molar-refractivity contribution is 6.00. The average Bonchev–Trinajstić information content (AvgIpc) is 2.49. The lowest BCUT2D eigenvalue weighted by Crippen LogP contribution is -2.09. The van der Waals surface area contributed by atoms with Gasteiger partial charge in [0.25, 0.3) is 0 Å². The van der Waals surface area contributed by atoms with E-state index in [0.29, 0.717) is 30.8 Å². The van der Waals surface area contributed by atoms with Crippen LogP contribution in [-0.2, 0) is 11.0 Å². The third kappa shape index (κ3) is 6.47. The van der Waals surface area contributed by atoms with Crippen molar-refractivity contribution < 1.29 is 18.0 Å². The van der Waals surface area contributed by atoms with Gasteiger partial charge in [-0.15, -0.1) is 0 Å². The molecule has 0 bridgehead atoms. The Bertz CT molecular complexity index is 455. The normalized spacial score (nSPS) is 12.5. The average molecular weight is 316 g/mol. The molecule has 0 saturated heterocycles. The van der Waals surface area contributed by atoms with Gasteiger partial charge in [-0.05, 0) is 30.5 Å². The Balaban J connectivity index is 2.78. The molecule has 0 spiro atoms. The predicted octanol–water partition coefficient (Wildman–Crippen LogP) is 4.36. The van der Waals surface area contributed by atoms with Crippen molar-refractivity contribution in [3.8, 4) is 0 Å². The standard InChI is InChI=1S/C16H23F3N2O/c1-2-3-4-5-6-15(21-22-12-11-20)13-7-9-14(10-8-13)16(17,18)19/h7-10H,2-6,11-12,20H2,1H3/b21-15+. The van der Waals surface area contributed by atoms with E-state index >= 15 is 0 Å². The number of unbranched alkanes of at least 4 members (excludes halogenated alkanes) is 3.